The van der Waals surface area contributed by atoms with Gasteiger partial charge >= 0.3 is 5.97 Å². The summed E-state index contributed by atoms with van der Waals surface area (Å²) < 4.78 is 52.1. The summed E-state index contributed by atoms with van der Waals surface area (Å²) >= 11 is 0. The van der Waals surface area contributed by atoms with Gasteiger partial charge in [-0.25, -0.2) is 8.42 Å². The van der Waals surface area contributed by atoms with Crippen molar-refractivity contribution >= 4 is 50.2 Å². The van der Waals surface area contributed by atoms with Crippen LogP contribution in [0.15, 0.2) is 36.4 Å². The van der Waals surface area contributed by atoms with E-state index in [-0.39, 0.29) is 61.4 Å². The maximum atomic E-state index is 15.2. The summed E-state index contributed by atoms with van der Waals surface area (Å²) in [6.45, 7) is 8.28. The second-order valence-corrected chi connectivity index (χ2v) is 22.1. The zero-order chi connectivity index (χ0) is 43.6. The number of pyridine rings is 1. The Morgan fingerprint density at radius 3 is 2.48 bits per heavy atom. The van der Waals surface area contributed by atoms with Gasteiger partial charge in [0, 0.05) is 31.3 Å². The number of carbonyl (C=O) groups is 4. The Kier molecular flexibility index (Phi) is 11.6. The van der Waals surface area contributed by atoms with Crippen LogP contribution in [0, 0.1) is 40.9 Å². The van der Waals surface area contributed by atoms with Crippen molar-refractivity contribution in [1.82, 2.24) is 14.6 Å². The average Bonchev–Trinajstić information content (AvgIpc) is 4.21. The first-order valence-electron chi connectivity index (χ1n) is 22.9. The summed E-state index contributed by atoms with van der Waals surface area (Å²) in [6, 6.07) is 6.67. The average molecular weight is 875 g/mol. The second-order valence-electron chi connectivity index (χ2n) is 19.9. The number of hydrogen-bond acceptors (Lipinski definition) is 12. The Hall–Kier alpha value is -4.24. The number of benzene rings is 1. The van der Waals surface area contributed by atoms with Gasteiger partial charge in [0.25, 0.3) is 0 Å². The van der Waals surface area contributed by atoms with Crippen molar-refractivity contribution in [2.24, 2.45) is 40.9 Å². The van der Waals surface area contributed by atoms with Gasteiger partial charge in [0.05, 0.1) is 55.4 Å². The van der Waals surface area contributed by atoms with Gasteiger partial charge < -0.3 is 28.7 Å². The van der Waals surface area contributed by atoms with E-state index < -0.39 is 50.1 Å². The molecule has 0 radical (unpaired) electrons. The molecule has 10 atom stereocenters. The molecule has 1 aromatic carbocycles. The monoisotopic (exact) mass is 874 g/mol. The molecule has 2 saturated heterocycles. The number of anilines is 1. The minimum absolute atomic E-state index is 0.0609. The summed E-state index contributed by atoms with van der Waals surface area (Å²) in [5.74, 6) is 0.243. The van der Waals surface area contributed by atoms with Gasteiger partial charge in [-0.3, -0.25) is 23.9 Å². The van der Waals surface area contributed by atoms with Gasteiger partial charge in [-0.15, -0.1) is 0 Å². The molecule has 3 aliphatic heterocycles. The molecule has 0 bridgehead atoms. The molecule has 15 heteroatoms. The minimum atomic E-state index is -3.96. The molecule has 62 heavy (non-hydrogen) atoms. The Balaban J connectivity index is 1.04. The normalized spacial score (nSPS) is 34.8. The van der Waals surface area contributed by atoms with Gasteiger partial charge in [-0.05, 0) is 124 Å². The van der Waals surface area contributed by atoms with Crippen LogP contribution in [0.3, 0.4) is 0 Å². The van der Waals surface area contributed by atoms with Gasteiger partial charge in [0.2, 0.25) is 27.7 Å². The number of methoxy groups -OCH3 is 1. The maximum Gasteiger partial charge on any atom is 0.306 e. The van der Waals surface area contributed by atoms with Crippen LogP contribution in [0.4, 0.5) is 5.82 Å². The highest BCUT2D eigenvalue weighted by atomic mass is 32.2. The predicted molar refractivity (Wildman–Crippen MR) is 231 cm³/mol. The molecule has 4 aliphatic carbocycles. The minimum Gasteiger partial charge on any atom is -0.497 e. The van der Waals surface area contributed by atoms with Gasteiger partial charge in [0.1, 0.15) is 23.8 Å². The van der Waals surface area contributed by atoms with Gasteiger partial charge in [0.15, 0.2) is 5.78 Å². The molecule has 4 saturated carbocycles. The molecule has 1 N–H and O–H groups in total. The quantitative estimate of drug-likeness (QED) is 0.227. The number of Topliss-reactive ketones (excluding diaryl/α,β-unsaturated/α-hetero) is 1. The number of hydrogen-bond donors (Lipinski definition) is 1. The fourth-order valence-corrected chi connectivity index (χ4v) is 12.1. The molecule has 4 heterocycles. The van der Waals surface area contributed by atoms with Crippen LogP contribution in [-0.2, 0) is 38.7 Å². The standard InChI is InChI=1S/C47H62N4O10S/c1-28-7-5-6-8-33-25-47(33,45(55)49-62(56,57)46(3)11-12-46)26-40(52)39-23-36(27-51(39)44(54)38(29(2)17-28)24-42(53)60-35-19-30-18-31(30)20-35)61-43-37-10-9-34(58-4)21-32(37)22-41(48-43)50-13-15-59-16-14-50/h6,8-10,21-22,28-31,33,35-36,38-39H,5,7,11-20,23-27H2,1-4H3,(H,49,55)/b8-6-/t28-,29-,30-,31+,33-,35?,36-,38+,39+,47-/m1/s1. The number of aromatic nitrogens is 1. The van der Waals surface area contributed by atoms with Crippen LogP contribution in [0.1, 0.15) is 97.8 Å². The Bertz CT molecular complexity index is 2230. The van der Waals surface area contributed by atoms with Crippen molar-refractivity contribution < 1.29 is 46.5 Å². The Morgan fingerprint density at radius 1 is 1.00 bits per heavy atom. The number of allylic oxidation sites excluding steroid dienone is 2. The molecule has 0 spiro atoms. The van der Waals surface area contributed by atoms with Crippen molar-refractivity contribution in [2.45, 2.75) is 121 Å². The first-order chi connectivity index (χ1) is 29.6. The molecule has 1 unspecified atom stereocenters. The molecule has 2 amide bonds. The van der Waals surface area contributed by atoms with E-state index in [0.717, 1.165) is 36.5 Å². The molecular formula is C47H62N4O10S. The fraction of sp³-hybridized carbons (Fsp3) is 0.681. The number of carbonyl (C=O) groups excluding carboxylic acids is 4. The molecule has 9 rings (SSSR count). The number of ketones is 1. The summed E-state index contributed by atoms with van der Waals surface area (Å²) in [5, 5.41) is 1.60. The van der Waals surface area contributed by atoms with E-state index in [1.165, 1.54) is 6.42 Å². The lowest BCUT2D eigenvalue weighted by Crippen LogP contribution is -2.48. The zero-order valence-corrected chi connectivity index (χ0v) is 37.3. The zero-order valence-electron chi connectivity index (χ0n) is 36.5. The van der Waals surface area contributed by atoms with Crippen LogP contribution in [0.2, 0.25) is 0 Å². The lowest BCUT2D eigenvalue weighted by molar-refractivity contribution is -0.155. The fourth-order valence-electron chi connectivity index (χ4n) is 10.8. The summed E-state index contributed by atoms with van der Waals surface area (Å²) in [5.41, 5.74) is -1.27. The highest BCUT2D eigenvalue weighted by Gasteiger charge is 2.63. The van der Waals surface area contributed by atoms with Gasteiger partial charge in [-0.2, -0.15) is 4.98 Å². The van der Waals surface area contributed by atoms with E-state index in [1.807, 2.05) is 43.3 Å². The highest BCUT2D eigenvalue weighted by molar-refractivity contribution is 7.91. The molecule has 2 aromatic rings. The SMILES string of the molecule is COc1ccc2c(O[C@@H]3C[C@H]4C(=O)C[C@]5(C(=O)NS(=O)(=O)C6(C)CC6)C[C@H]5/C=C\CC[C@@H](C)C[C@@H](C)[C@H](CC(=O)OC5C[C@@H]6C[C@@H]6C5)C(=O)N4C3)nc(N3CCOCC3)cc2c1. The number of nitrogens with zero attached hydrogens (tertiary/aromatic N) is 3. The topological polar surface area (TPSA) is 171 Å². The number of rotatable bonds is 10. The second kappa shape index (κ2) is 16.7. The van der Waals surface area contributed by atoms with E-state index >= 15 is 4.79 Å². The number of morpholine rings is 1. The summed E-state index contributed by atoms with van der Waals surface area (Å²) in [7, 11) is -2.35. The van der Waals surface area contributed by atoms with Crippen molar-refractivity contribution in [2.75, 3.05) is 44.9 Å². The largest absolute Gasteiger partial charge is 0.497 e. The maximum absolute atomic E-state index is 15.2. The van der Waals surface area contributed by atoms with Crippen molar-refractivity contribution in [3.05, 3.63) is 36.4 Å². The number of sulfonamides is 1. The third kappa shape index (κ3) is 8.68. The number of ether oxygens (including phenoxy) is 4. The van der Waals surface area contributed by atoms with E-state index in [0.29, 0.717) is 81.3 Å². The first kappa shape index (κ1) is 43.0. The number of nitrogens with one attached hydrogen (secondary N) is 1. The molecule has 7 aliphatic rings. The highest BCUT2D eigenvalue weighted by Crippen LogP contribution is 2.58. The molecule has 1 aromatic heterocycles. The van der Waals surface area contributed by atoms with Gasteiger partial charge in [-0.1, -0.05) is 26.0 Å². The number of fused-ring (bicyclic) bond motifs is 4. The lowest BCUT2D eigenvalue weighted by atomic mass is 9.82. The van der Waals surface area contributed by atoms with Crippen molar-refractivity contribution in [1.29, 1.82) is 0 Å². The van der Waals surface area contributed by atoms with Crippen LogP contribution in [-0.4, -0.2) is 105 Å². The molecule has 6 fully saturated rings. The summed E-state index contributed by atoms with van der Waals surface area (Å²) in [4.78, 5) is 66.7. The van der Waals surface area contributed by atoms with E-state index in [4.69, 9.17) is 23.9 Å². The third-order valence-corrected chi connectivity index (χ3v) is 17.4. The van der Waals surface area contributed by atoms with Crippen molar-refractivity contribution in [3.8, 4) is 11.6 Å². The third-order valence-electron chi connectivity index (χ3n) is 15.3. The number of esters is 1. The molecule has 14 nitrogen and oxygen atoms in total. The van der Waals surface area contributed by atoms with Crippen molar-refractivity contribution in [3.63, 3.8) is 0 Å². The van der Waals surface area contributed by atoms with Crippen LogP contribution >= 0.6 is 0 Å². The van der Waals surface area contributed by atoms with E-state index in [2.05, 4.69) is 16.5 Å². The van der Waals surface area contributed by atoms with E-state index in [9.17, 15) is 22.8 Å². The van der Waals surface area contributed by atoms with Crippen LogP contribution in [0.5, 0.6) is 11.6 Å². The van der Waals surface area contributed by atoms with Crippen LogP contribution in [0.25, 0.3) is 10.8 Å². The lowest BCUT2D eigenvalue weighted by Gasteiger charge is -2.32. The molecule has 336 valence electrons. The Labute approximate surface area is 364 Å². The van der Waals surface area contributed by atoms with E-state index in [1.54, 1.807) is 18.9 Å². The summed E-state index contributed by atoms with van der Waals surface area (Å²) in [6.07, 6.45) is 9.46. The number of amides is 2. The Morgan fingerprint density at radius 2 is 1.76 bits per heavy atom. The molecular weight excluding hydrogens is 813 g/mol. The smallest absolute Gasteiger partial charge is 0.306 e. The predicted octanol–water partition coefficient (Wildman–Crippen LogP) is 5.75. The first-order valence-corrected chi connectivity index (χ1v) is 24.4. The van der Waals surface area contributed by atoms with Crippen LogP contribution < -0.4 is 19.1 Å².